The van der Waals surface area contributed by atoms with Crippen LogP contribution in [0.4, 0.5) is 0 Å². The van der Waals surface area contributed by atoms with Gasteiger partial charge in [-0.3, -0.25) is 0 Å². The predicted molar refractivity (Wildman–Crippen MR) is 148 cm³/mol. The molecule has 0 N–H and O–H groups in total. The minimum absolute atomic E-state index is 0.0464. The van der Waals surface area contributed by atoms with Gasteiger partial charge in [0.25, 0.3) is 0 Å². The van der Waals surface area contributed by atoms with Gasteiger partial charge in [0.2, 0.25) is 0 Å². The molecule has 0 saturated carbocycles. The smallest absolute Gasteiger partial charge is 0.114 e. The van der Waals surface area contributed by atoms with Gasteiger partial charge in [-0.2, -0.15) is 0 Å². The Morgan fingerprint density at radius 1 is 0.606 bits per heavy atom. The maximum atomic E-state index is 7.69. The lowest BCUT2D eigenvalue weighted by atomic mass is 9.81. The van der Waals surface area contributed by atoms with Gasteiger partial charge in [0.05, 0.1) is 8.99 Å². The molecule has 0 aliphatic heterocycles. The zero-order valence-electron chi connectivity index (χ0n) is 21.7. The van der Waals surface area contributed by atoms with Crippen LogP contribution in [0, 0.1) is 0 Å². The molecular weight excluding hydrogens is 459 g/mol. The highest BCUT2D eigenvalue weighted by molar-refractivity contribution is 6.70. The van der Waals surface area contributed by atoms with Crippen LogP contribution < -0.4 is 0 Å². The summed E-state index contributed by atoms with van der Waals surface area (Å²) < 4.78 is -1.22. The van der Waals surface area contributed by atoms with Crippen LogP contribution in [-0.4, -0.2) is 9.52 Å². The quantitative estimate of drug-likeness (QED) is 0.288. The van der Waals surface area contributed by atoms with Crippen molar-refractivity contribution in [3.63, 3.8) is 0 Å². The van der Waals surface area contributed by atoms with Gasteiger partial charge in [-0.1, -0.05) is 77.9 Å². The number of allylic oxidation sites excluding steroid dienone is 4. The fourth-order valence-electron chi connectivity index (χ4n) is 5.59. The third-order valence-corrected chi connectivity index (χ3v) is 11.3. The lowest BCUT2D eigenvalue weighted by molar-refractivity contribution is 0.588. The summed E-state index contributed by atoms with van der Waals surface area (Å²) in [7, 11) is 0.287. The Bertz CT molecular complexity index is 1120. The van der Waals surface area contributed by atoms with Gasteiger partial charge in [0, 0.05) is 0 Å². The third-order valence-electron chi connectivity index (χ3n) is 7.74. The molecule has 2 radical (unpaired) electrons. The van der Waals surface area contributed by atoms with Crippen LogP contribution in [0.1, 0.15) is 103 Å². The molecule has 0 fully saturated rings. The molecule has 2 aliphatic carbocycles. The van der Waals surface area contributed by atoms with E-state index in [4.69, 9.17) is 23.2 Å². The molecule has 2 aliphatic rings. The highest BCUT2D eigenvalue weighted by atomic mass is 35.5. The number of halogens is 2. The molecule has 4 rings (SSSR count). The van der Waals surface area contributed by atoms with Crippen LogP contribution in [0.5, 0.6) is 0 Å². The fraction of sp³-hybridized carbons (Fsp3) is 0.467. The largest absolute Gasteiger partial charge is 0.118 e. The molecule has 174 valence electrons. The Balaban J connectivity index is 1.93. The van der Waals surface area contributed by atoms with Crippen LogP contribution in [0.2, 0.25) is 0 Å². The van der Waals surface area contributed by atoms with Crippen LogP contribution in [0.3, 0.4) is 0 Å². The van der Waals surface area contributed by atoms with Crippen molar-refractivity contribution in [3.8, 4) is 0 Å². The Morgan fingerprint density at radius 3 is 1.24 bits per heavy atom. The number of rotatable bonds is 2. The van der Waals surface area contributed by atoms with Crippen molar-refractivity contribution in [1.29, 1.82) is 0 Å². The molecule has 33 heavy (non-hydrogen) atoms. The van der Waals surface area contributed by atoms with Gasteiger partial charge in [0.15, 0.2) is 0 Å². The number of fused-ring (bicyclic) bond motifs is 2. The zero-order chi connectivity index (χ0) is 24.7. The summed E-state index contributed by atoms with van der Waals surface area (Å²) in [5.41, 5.74) is 13.0. The lowest BCUT2D eigenvalue weighted by Gasteiger charge is -2.35. The van der Waals surface area contributed by atoms with Crippen molar-refractivity contribution in [2.75, 3.05) is 0 Å². The second-order valence-electron chi connectivity index (χ2n) is 11.9. The third kappa shape index (κ3) is 3.53. The first-order valence-corrected chi connectivity index (χ1v) is 13.6. The molecule has 0 heterocycles. The molecule has 2 aromatic carbocycles. The summed E-state index contributed by atoms with van der Waals surface area (Å²) in [6, 6.07) is 13.3. The summed E-state index contributed by atoms with van der Waals surface area (Å²) in [6.07, 6.45) is 0. The van der Waals surface area contributed by atoms with E-state index in [1.165, 1.54) is 55.7 Å². The van der Waals surface area contributed by atoms with Crippen molar-refractivity contribution in [3.05, 3.63) is 80.9 Å². The summed E-state index contributed by atoms with van der Waals surface area (Å²) in [5, 5.41) is 0. The maximum Gasteiger partial charge on any atom is 0.118 e. The van der Waals surface area contributed by atoms with Gasteiger partial charge in [-0.05, 0) is 94.2 Å². The highest BCUT2D eigenvalue weighted by Gasteiger charge is 2.52. The van der Waals surface area contributed by atoms with E-state index in [0.717, 1.165) is 0 Å². The van der Waals surface area contributed by atoms with E-state index >= 15 is 0 Å². The lowest BCUT2D eigenvalue weighted by Crippen LogP contribution is -2.40. The fourth-order valence-corrected chi connectivity index (χ4v) is 9.10. The molecule has 0 spiro atoms. The highest BCUT2D eigenvalue weighted by Crippen LogP contribution is 2.58. The van der Waals surface area contributed by atoms with E-state index in [1.54, 1.807) is 0 Å². The van der Waals surface area contributed by atoms with E-state index in [9.17, 15) is 0 Å². The minimum Gasteiger partial charge on any atom is -0.114 e. The van der Waals surface area contributed by atoms with E-state index in [1.807, 2.05) is 0 Å². The van der Waals surface area contributed by atoms with Crippen molar-refractivity contribution in [2.24, 2.45) is 0 Å². The standard InChI is InChI=1S/C30H36Cl2Si/c1-17-19(3)29(31,23-15-11-13-21(25(17)23)27(5,6)7)33-30(32)20(4)18(2)26-22(28(8,9)10)14-12-16-24(26)30/h11-16H,1-10H3. The van der Waals surface area contributed by atoms with Gasteiger partial charge in [0.1, 0.15) is 9.52 Å². The maximum absolute atomic E-state index is 7.69. The summed E-state index contributed by atoms with van der Waals surface area (Å²) in [5.74, 6) is 0. The van der Waals surface area contributed by atoms with Crippen LogP contribution in [0.25, 0.3) is 11.1 Å². The number of hydrogen-bond donors (Lipinski definition) is 0. The van der Waals surface area contributed by atoms with E-state index in [0.29, 0.717) is 0 Å². The second kappa shape index (κ2) is 7.61. The van der Waals surface area contributed by atoms with Crippen LogP contribution in [0.15, 0.2) is 47.5 Å². The molecule has 0 bridgehead atoms. The van der Waals surface area contributed by atoms with Crippen molar-refractivity contribution in [2.45, 2.75) is 89.1 Å². The van der Waals surface area contributed by atoms with Gasteiger partial charge < -0.3 is 0 Å². The van der Waals surface area contributed by atoms with Crippen LogP contribution in [-0.2, 0) is 19.8 Å². The topological polar surface area (TPSA) is 0 Å². The van der Waals surface area contributed by atoms with Gasteiger partial charge in [-0.15, -0.1) is 23.2 Å². The monoisotopic (exact) mass is 494 g/mol. The first kappa shape index (κ1) is 24.8. The Hall–Kier alpha value is -1.28. The Kier molecular flexibility index (Phi) is 5.72. The molecule has 0 aromatic heterocycles. The molecule has 2 unspecified atom stereocenters. The normalized spacial score (nSPS) is 25.1. The molecule has 0 amide bonds. The van der Waals surface area contributed by atoms with Crippen molar-refractivity contribution < 1.29 is 0 Å². The number of benzene rings is 2. The SMILES string of the molecule is CC1=C(C)C(Cl)([Si]C2(Cl)C(C)=C(C)c3c(C(C)(C)C)cccc32)c2cccc(C(C)(C)C)c21. The van der Waals surface area contributed by atoms with Crippen molar-refractivity contribution in [1.82, 2.24) is 0 Å². The van der Waals surface area contributed by atoms with Gasteiger partial charge >= 0.3 is 0 Å². The predicted octanol–water partition coefficient (Wildman–Crippen LogP) is 9.08. The molecule has 3 heteroatoms. The number of alkyl halides is 2. The average molecular weight is 496 g/mol. The minimum atomic E-state index is -0.608. The first-order chi connectivity index (χ1) is 15.0. The first-order valence-electron chi connectivity index (χ1n) is 11.9. The summed E-state index contributed by atoms with van der Waals surface area (Å²) in [4.78, 5) is 0. The Labute approximate surface area is 213 Å². The average Bonchev–Trinajstić information content (AvgIpc) is 3.03. The summed E-state index contributed by atoms with van der Waals surface area (Å²) >= 11 is 15.4. The Morgan fingerprint density at radius 2 is 0.939 bits per heavy atom. The zero-order valence-corrected chi connectivity index (χ0v) is 24.2. The van der Waals surface area contributed by atoms with Crippen molar-refractivity contribution >= 4 is 43.9 Å². The molecular formula is C30H36Cl2Si. The summed E-state index contributed by atoms with van der Waals surface area (Å²) in [6.45, 7) is 22.5. The van der Waals surface area contributed by atoms with E-state index in [2.05, 4.69) is 106 Å². The molecule has 0 nitrogen and oxygen atoms in total. The number of hydrogen-bond acceptors (Lipinski definition) is 0. The van der Waals surface area contributed by atoms with Gasteiger partial charge in [-0.25, -0.2) is 0 Å². The second-order valence-corrected chi connectivity index (χ2v) is 15.4. The molecule has 0 saturated heterocycles. The molecule has 2 aromatic rings. The van der Waals surface area contributed by atoms with E-state index < -0.39 is 8.99 Å². The van der Waals surface area contributed by atoms with Crippen LogP contribution >= 0.6 is 23.2 Å². The van der Waals surface area contributed by atoms with E-state index in [-0.39, 0.29) is 20.3 Å². The molecule has 2 atom stereocenters.